The smallest absolute Gasteiger partial charge is 0.293 e. The van der Waals surface area contributed by atoms with Crippen molar-refractivity contribution in [3.05, 3.63) is 68.1 Å². The molecule has 0 saturated carbocycles. The standard InChI is InChI=1S/C19H16INO3S/c1-2-24-16-6-4-3-5-14(16)11-17-18(22)21(19(23)25-17)12-13-7-9-15(20)10-8-13/h3-11H,2,12H2,1H3/b17-11-. The molecule has 0 aliphatic carbocycles. The number of rotatable bonds is 5. The number of hydrogen-bond acceptors (Lipinski definition) is 4. The number of hydrogen-bond donors (Lipinski definition) is 0. The molecule has 0 unspecified atom stereocenters. The van der Waals surface area contributed by atoms with Crippen LogP contribution in [-0.4, -0.2) is 22.7 Å². The Balaban J connectivity index is 1.82. The van der Waals surface area contributed by atoms with Gasteiger partial charge in [0.2, 0.25) is 0 Å². The van der Waals surface area contributed by atoms with Gasteiger partial charge in [0, 0.05) is 9.13 Å². The Labute approximate surface area is 164 Å². The summed E-state index contributed by atoms with van der Waals surface area (Å²) in [6.45, 7) is 2.73. The van der Waals surface area contributed by atoms with Crippen molar-refractivity contribution in [3.63, 3.8) is 0 Å². The fourth-order valence-electron chi connectivity index (χ4n) is 2.44. The summed E-state index contributed by atoms with van der Waals surface area (Å²) >= 11 is 3.19. The van der Waals surface area contributed by atoms with Crippen molar-refractivity contribution in [2.75, 3.05) is 6.61 Å². The molecule has 2 aromatic carbocycles. The van der Waals surface area contributed by atoms with Crippen LogP contribution in [0.2, 0.25) is 0 Å². The van der Waals surface area contributed by atoms with Crippen molar-refractivity contribution in [1.82, 2.24) is 4.90 Å². The van der Waals surface area contributed by atoms with Crippen LogP contribution in [0.15, 0.2) is 53.4 Å². The molecule has 2 aromatic rings. The first-order chi connectivity index (χ1) is 12.1. The van der Waals surface area contributed by atoms with Crippen LogP contribution in [-0.2, 0) is 11.3 Å². The van der Waals surface area contributed by atoms with E-state index in [0.717, 1.165) is 26.5 Å². The molecule has 2 amide bonds. The molecule has 4 nitrogen and oxygen atoms in total. The number of halogens is 1. The van der Waals surface area contributed by atoms with Crippen molar-refractivity contribution in [1.29, 1.82) is 0 Å². The van der Waals surface area contributed by atoms with E-state index < -0.39 is 0 Å². The Morgan fingerprint density at radius 3 is 2.56 bits per heavy atom. The van der Waals surface area contributed by atoms with Gasteiger partial charge in [-0.25, -0.2) is 0 Å². The van der Waals surface area contributed by atoms with E-state index in [9.17, 15) is 9.59 Å². The van der Waals surface area contributed by atoms with Crippen LogP contribution in [0.5, 0.6) is 5.75 Å². The molecule has 1 aliphatic heterocycles. The summed E-state index contributed by atoms with van der Waals surface area (Å²) < 4.78 is 6.69. The first-order valence-electron chi connectivity index (χ1n) is 7.80. The molecule has 1 fully saturated rings. The number of thioether (sulfide) groups is 1. The van der Waals surface area contributed by atoms with Gasteiger partial charge in [-0.3, -0.25) is 14.5 Å². The van der Waals surface area contributed by atoms with E-state index in [-0.39, 0.29) is 17.7 Å². The summed E-state index contributed by atoms with van der Waals surface area (Å²) in [6.07, 6.45) is 1.73. The number of carbonyl (C=O) groups is 2. The van der Waals surface area contributed by atoms with Crippen molar-refractivity contribution >= 4 is 51.6 Å². The molecular formula is C19H16INO3S. The highest BCUT2D eigenvalue weighted by Gasteiger charge is 2.35. The number of nitrogens with zero attached hydrogens (tertiary/aromatic N) is 1. The molecule has 0 bridgehead atoms. The van der Waals surface area contributed by atoms with Gasteiger partial charge in [0.05, 0.1) is 18.1 Å². The molecule has 0 spiro atoms. The Hall–Kier alpha value is -1.80. The molecule has 6 heteroatoms. The molecular weight excluding hydrogens is 449 g/mol. The van der Waals surface area contributed by atoms with Crippen LogP contribution >= 0.6 is 34.4 Å². The van der Waals surface area contributed by atoms with Crippen molar-refractivity contribution in [2.45, 2.75) is 13.5 Å². The summed E-state index contributed by atoms with van der Waals surface area (Å²) in [7, 11) is 0. The number of ether oxygens (including phenoxy) is 1. The summed E-state index contributed by atoms with van der Waals surface area (Å²) in [5.41, 5.74) is 1.72. The Kier molecular flexibility index (Phi) is 5.80. The van der Waals surface area contributed by atoms with Gasteiger partial charge < -0.3 is 4.74 Å². The molecule has 1 aliphatic rings. The fraction of sp³-hybridized carbons (Fsp3) is 0.158. The monoisotopic (exact) mass is 465 g/mol. The van der Waals surface area contributed by atoms with Gasteiger partial charge in [-0.1, -0.05) is 30.3 Å². The topological polar surface area (TPSA) is 46.6 Å². The summed E-state index contributed by atoms with van der Waals surface area (Å²) in [6, 6.07) is 15.3. The number of imide groups is 1. The SMILES string of the molecule is CCOc1ccccc1/C=C1\SC(=O)N(Cc2ccc(I)cc2)C1=O. The lowest BCUT2D eigenvalue weighted by molar-refractivity contribution is -0.123. The number of benzene rings is 2. The third kappa shape index (κ3) is 4.24. The average molecular weight is 465 g/mol. The number of amides is 2. The van der Waals surface area contributed by atoms with Crippen LogP contribution in [0.1, 0.15) is 18.1 Å². The van der Waals surface area contributed by atoms with Crippen molar-refractivity contribution in [2.24, 2.45) is 0 Å². The predicted octanol–water partition coefficient (Wildman–Crippen LogP) is 4.93. The van der Waals surface area contributed by atoms with Gasteiger partial charge in [0.1, 0.15) is 5.75 Å². The Morgan fingerprint density at radius 1 is 1.12 bits per heavy atom. The van der Waals surface area contributed by atoms with Crippen LogP contribution in [0.4, 0.5) is 4.79 Å². The lowest BCUT2D eigenvalue weighted by Gasteiger charge is -2.12. The van der Waals surface area contributed by atoms with E-state index in [1.807, 2.05) is 55.5 Å². The van der Waals surface area contributed by atoms with Crippen LogP contribution in [0.3, 0.4) is 0 Å². The molecule has 1 saturated heterocycles. The average Bonchev–Trinajstić information content (AvgIpc) is 2.86. The molecule has 0 radical (unpaired) electrons. The molecule has 3 rings (SSSR count). The highest BCUT2D eigenvalue weighted by molar-refractivity contribution is 14.1. The third-order valence-corrected chi connectivity index (χ3v) is 5.26. The normalized spacial score (nSPS) is 15.9. The highest BCUT2D eigenvalue weighted by atomic mass is 127. The predicted molar refractivity (Wildman–Crippen MR) is 108 cm³/mol. The lowest BCUT2D eigenvalue weighted by atomic mass is 10.1. The molecule has 1 heterocycles. The first-order valence-corrected chi connectivity index (χ1v) is 9.69. The second-order valence-electron chi connectivity index (χ2n) is 5.37. The number of para-hydroxylation sites is 1. The van der Waals surface area contributed by atoms with Crippen LogP contribution in [0, 0.1) is 3.57 Å². The van der Waals surface area contributed by atoms with Gasteiger partial charge in [-0.05, 0) is 71.1 Å². The fourth-order valence-corrected chi connectivity index (χ4v) is 3.63. The van der Waals surface area contributed by atoms with Crippen LogP contribution in [0.25, 0.3) is 6.08 Å². The summed E-state index contributed by atoms with van der Waals surface area (Å²) in [5.74, 6) is 0.439. The van der Waals surface area contributed by atoms with Gasteiger partial charge in [0.25, 0.3) is 11.1 Å². The molecule has 0 aromatic heterocycles. The maximum atomic E-state index is 12.6. The first kappa shape index (κ1) is 18.0. The minimum atomic E-state index is -0.264. The second-order valence-corrected chi connectivity index (χ2v) is 7.60. The van der Waals surface area contributed by atoms with E-state index in [1.165, 1.54) is 4.90 Å². The second kappa shape index (κ2) is 8.05. The van der Waals surface area contributed by atoms with Gasteiger partial charge >= 0.3 is 0 Å². The minimum Gasteiger partial charge on any atom is -0.493 e. The minimum absolute atomic E-state index is 0.247. The Morgan fingerprint density at radius 2 is 1.84 bits per heavy atom. The van der Waals surface area contributed by atoms with Crippen LogP contribution < -0.4 is 4.74 Å². The Bertz CT molecular complexity index is 833. The van der Waals surface area contributed by atoms with Crippen molar-refractivity contribution in [3.8, 4) is 5.75 Å². The molecule has 0 atom stereocenters. The molecule has 0 N–H and O–H groups in total. The summed E-state index contributed by atoms with van der Waals surface area (Å²) in [5, 5.41) is -0.247. The largest absolute Gasteiger partial charge is 0.493 e. The van der Waals surface area contributed by atoms with E-state index in [0.29, 0.717) is 17.3 Å². The maximum absolute atomic E-state index is 12.6. The zero-order chi connectivity index (χ0) is 17.8. The molecule has 128 valence electrons. The third-order valence-electron chi connectivity index (χ3n) is 3.63. The maximum Gasteiger partial charge on any atom is 0.293 e. The number of carbonyl (C=O) groups excluding carboxylic acids is 2. The van der Waals surface area contributed by atoms with Gasteiger partial charge in [0.15, 0.2) is 0 Å². The zero-order valence-electron chi connectivity index (χ0n) is 13.6. The van der Waals surface area contributed by atoms with E-state index >= 15 is 0 Å². The van der Waals surface area contributed by atoms with E-state index in [2.05, 4.69) is 22.6 Å². The zero-order valence-corrected chi connectivity index (χ0v) is 16.5. The summed E-state index contributed by atoms with van der Waals surface area (Å²) in [4.78, 5) is 26.6. The van der Waals surface area contributed by atoms with Gasteiger partial charge in [-0.15, -0.1) is 0 Å². The van der Waals surface area contributed by atoms with Gasteiger partial charge in [-0.2, -0.15) is 0 Å². The quantitative estimate of drug-likeness (QED) is 0.465. The lowest BCUT2D eigenvalue weighted by Crippen LogP contribution is -2.27. The van der Waals surface area contributed by atoms with E-state index in [1.54, 1.807) is 6.08 Å². The van der Waals surface area contributed by atoms with Crippen molar-refractivity contribution < 1.29 is 14.3 Å². The molecule has 25 heavy (non-hydrogen) atoms. The highest BCUT2D eigenvalue weighted by Crippen LogP contribution is 2.34. The van der Waals surface area contributed by atoms with E-state index in [4.69, 9.17) is 4.74 Å².